The summed E-state index contributed by atoms with van der Waals surface area (Å²) in [6.07, 6.45) is 5.70. The minimum absolute atomic E-state index is 0.0659. The van der Waals surface area contributed by atoms with Crippen LogP contribution >= 0.6 is 0 Å². The normalized spacial score (nSPS) is 15.7. The molecule has 0 bridgehead atoms. The lowest BCUT2D eigenvalue weighted by Crippen LogP contribution is -2.41. The van der Waals surface area contributed by atoms with Crippen LogP contribution in [-0.4, -0.2) is 42.7 Å². The molecule has 1 aliphatic heterocycles. The van der Waals surface area contributed by atoms with Crippen molar-refractivity contribution < 1.29 is 13.9 Å². The Labute approximate surface area is 147 Å². The van der Waals surface area contributed by atoms with Crippen molar-refractivity contribution in [1.29, 1.82) is 0 Å². The summed E-state index contributed by atoms with van der Waals surface area (Å²) in [5.41, 5.74) is 0.835. The van der Waals surface area contributed by atoms with Crippen molar-refractivity contribution in [3.63, 3.8) is 0 Å². The van der Waals surface area contributed by atoms with E-state index < -0.39 is 0 Å². The largest absolute Gasteiger partial charge is 0.481 e. The highest BCUT2D eigenvalue weighted by atomic mass is 16.5. The molecule has 2 N–H and O–H groups in total. The molecule has 3 heterocycles. The number of urea groups is 1. The van der Waals surface area contributed by atoms with Crippen LogP contribution in [0.2, 0.25) is 0 Å². The minimum atomic E-state index is -0.221. The van der Waals surface area contributed by atoms with Gasteiger partial charge >= 0.3 is 6.03 Å². The predicted molar refractivity (Wildman–Crippen MR) is 93.3 cm³/mol. The SMILES string of the molecule is COc1ncccc1CNC(=O)NCC(c1ccco1)N1CCCC1. The second-order valence-electron chi connectivity index (χ2n) is 6.01. The van der Waals surface area contributed by atoms with Gasteiger partial charge in [-0.05, 0) is 44.1 Å². The molecule has 7 nitrogen and oxygen atoms in total. The number of pyridine rings is 1. The summed E-state index contributed by atoms with van der Waals surface area (Å²) in [6, 6.07) is 7.38. The Morgan fingerprint density at radius 1 is 1.32 bits per heavy atom. The van der Waals surface area contributed by atoms with E-state index in [1.54, 1.807) is 19.6 Å². The molecule has 1 unspecified atom stereocenters. The number of hydrogen-bond donors (Lipinski definition) is 2. The molecule has 3 rings (SSSR count). The number of aromatic nitrogens is 1. The Balaban J connectivity index is 1.53. The van der Waals surface area contributed by atoms with Gasteiger partial charge in [-0.1, -0.05) is 6.07 Å². The average molecular weight is 344 g/mol. The van der Waals surface area contributed by atoms with Crippen molar-refractivity contribution in [2.24, 2.45) is 0 Å². The fraction of sp³-hybridized carbons (Fsp3) is 0.444. The predicted octanol–water partition coefficient (Wildman–Crippen LogP) is 2.32. The van der Waals surface area contributed by atoms with E-state index in [1.165, 1.54) is 12.8 Å². The summed E-state index contributed by atoms with van der Waals surface area (Å²) in [5, 5.41) is 5.79. The Bertz CT molecular complexity index is 669. The first kappa shape index (κ1) is 17.3. The third-order valence-corrected chi connectivity index (χ3v) is 4.39. The van der Waals surface area contributed by atoms with Gasteiger partial charge < -0.3 is 19.8 Å². The molecule has 1 fully saturated rings. The first-order valence-corrected chi connectivity index (χ1v) is 8.55. The standard InChI is InChI=1S/C18H24N4O3/c1-24-17-14(6-4-8-19-17)12-20-18(23)21-13-15(16-7-5-11-25-16)22-9-2-3-10-22/h4-8,11,15H,2-3,9-10,12-13H2,1H3,(H2,20,21,23). The van der Waals surface area contributed by atoms with E-state index in [0.29, 0.717) is 19.0 Å². The maximum absolute atomic E-state index is 12.2. The fourth-order valence-corrected chi connectivity index (χ4v) is 3.11. The van der Waals surface area contributed by atoms with Crippen LogP contribution < -0.4 is 15.4 Å². The van der Waals surface area contributed by atoms with E-state index in [4.69, 9.17) is 9.15 Å². The molecule has 0 aliphatic carbocycles. The third kappa shape index (κ3) is 4.51. The number of ether oxygens (including phenoxy) is 1. The lowest BCUT2D eigenvalue weighted by Gasteiger charge is -2.26. The minimum Gasteiger partial charge on any atom is -0.481 e. The maximum atomic E-state index is 12.2. The van der Waals surface area contributed by atoms with Gasteiger partial charge in [-0.15, -0.1) is 0 Å². The van der Waals surface area contributed by atoms with E-state index in [9.17, 15) is 4.79 Å². The van der Waals surface area contributed by atoms with Gasteiger partial charge in [-0.2, -0.15) is 0 Å². The lowest BCUT2D eigenvalue weighted by atomic mass is 10.2. The summed E-state index contributed by atoms with van der Waals surface area (Å²) in [5.74, 6) is 1.41. The number of carbonyl (C=O) groups is 1. The van der Waals surface area contributed by atoms with E-state index in [1.807, 2.05) is 24.3 Å². The molecule has 2 aromatic heterocycles. The highest BCUT2D eigenvalue weighted by molar-refractivity contribution is 5.73. The summed E-state index contributed by atoms with van der Waals surface area (Å²) < 4.78 is 10.8. The highest BCUT2D eigenvalue weighted by Crippen LogP contribution is 2.24. The van der Waals surface area contributed by atoms with E-state index in [2.05, 4.69) is 20.5 Å². The van der Waals surface area contributed by atoms with Crippen molar-refractivity contribution in [3.8, 4) is 5.88 Å². The molecule has 0 aromatic carbocycles. The van der Waals surface area contributed by atoms with Crippen LogP contribution in [0.5, 0.6) is 5.88 Å². The zero-order chi connectivity index (χ0) is 17.5. The monoisotopic (exact) mass is 344 g/mol. The number of methoxy groups -OCH3 is 1. The summed E-state index contributed by atoms with van der Waals surface area (Å²) in [4.78, 5) is 18.6. The van der Waals surface area contributed by atoms with Gasteiger partial charge in [0.25, 0.3) is 0 Å². The molecular weight excluding hydrogens is 320 g/mol. The van der Waals surface area contributed by atoms with E-state index in [-0.39, 0.29) is 12.1 Å². The molecule has 0 spiro atoms. The second-order valence-corrected chi connectivity index (χ2v) is 6.01. The van der Waals surface area contributed by atoms with Gasteiger partial charge in [0.2, 0.25) is 5.88 Å². The summed E-state index contributed by atoms with van der Waals surface area (Å²) in [6.45, 7) is 2.92. The van der Waals surface area contributed by atoms with Crippen LogP contribution in [0.1, 0.15) is 30.2 Å². The van der Waals surface area contributed by atoms with Crippen molar-refractivity contribution >= 4 is 6.03 Å². The molecule has 0 saturated carbocycles. The quantitative estimate of drug-likeness (QED) is 0.806. The van der Waals surface area contributed by atoms with Crippen molar-refractivity contribution in [2.75, 3.05) is 26.7 Å². The molecule has 0 radical (unpaired) electrons. The molecule has 25 heavy (non-hydrogen) atoms. The van der Waals surface area contributed by atoms with Crippen molar-refractivity contribution in [2.45, 2.75) is 25.4 Å². The van der Waals surface area contributed by atoms with Gasteiger partial charge in [0.05, 0.1) is 19.4 Å². The van der Waals surface area contributed by atoms with Crippen LogP contribution in [-0.2, 0) is 6.54 Å². The molecule has 134 valence electrons. The molecule has 7 heteroatoms. The molecule has 1 atom stereocenters. The van der Waals surface area contributed by atoms with Gasteiger partial charge in [0, 0.05) is 24.8 Å². The van der Waals surface area contributed by atoms with Crippen LogP contribution in [0.25, 0.3) is 0 Å². The molecule has 2 amide bonds. The van der Waals surface area contributed by atoms with Crippen LogP contribution in [0.15, 0.2) is 41.1 Å². The van der Waals surface area contributed by atoms with Crippen LogP contribution in [0, 0.1) is 0 Å². The number of furan rings is 1. The van der Waals surface area contributed by atoms with Gasteiger partial charge in [-0.3, -0.25) is 4.90 Å². The Kier molecular flexibility index (Phi) is 5.90. The number of likely N-dealkylation sites (tertiary alicyclic amines) is 1. The Hall–Kier alpha value is -2.54. The number of hydrogen-bond acceptors (Lipinski definition) is 5. The number of nitrogens with zero attached hydrogens (tertiary/aromatic N) is 2. The highest BCUT2D eigenvalue weighted by Gasteiger charge is 2.25. The summed E-state index contributed by atoms with van der Waals surface area (Å²) in [7, 11) is 1.57. The van der Waals surface area contributed by atoms with Crippen LogP contribution in [0.4, 0.5) is 4.79 Å². The summed E-state index contributed by atoms with van der Waals surface area (Å²) >= 11 is 0. The zero-order valence-electron chi connectivity index (χ0n) is 14.4. The second kappa shape index (κ2) is 8.53. The van der Waals surface area contributed by atoms with E-state index >= 15 is 0 Å². The van der Waals surface area contributed by atoms with Gasteiger partial charge in [-0.25, -0.2) is 9.78 Å². The van der Waals surface area contributed by atoms with Gasteiger partial charge in [0.15, 0.2) is 0 Å². The average Bonchev–Trinajstić information content (AvgIpc) is 3.35. The fourth-order valence-electron chi connectivity index (χ4n) is 3.11. The third-order valence-electron chi connectivity index (χ3n) is 4.39. The molecule has 1 aliphatic rings. The number of amides is 2. The van der Waals surface area contributed by atoms with E-state index in [0.717, 1.165) is 24.4 Å². The molecule has 1 saturated heterocycles. The number of carbonyl (C=O) groups excluding carboxylic acids is 1. The zero-order valence-corrected chi connectivity index (χ0v) is 14.4. The van der Waals surface area contributed by atoms with Crippen molar-refractivity contribution in [1.82, 2.24) is 20.5 Å². The first-order chi connectivity index (χ1) is 12.3. The first-order valence-electron chi connectivity index (χ1n) is 8.55. The lowest BCUT2D eigenvalue weighted by molar-refractivity contribution is 0.203. The van der Waals surface area contributed by atoms with Gasteiger partial charge in [0.1, 0.15) is 5.76 Å². The molecule has 2 aromatic rings. The maximum Gasteiger partial charge on any atom is 0.315 e. The number of nitrogens with one attached hydrogen (secondary N) is 2. The Morgan fingerprint density at radius 2 is 2.16 bits per heavy atom. The number of rotatable bonds is 7. The smallest absolute Gasteiger partial charge is 0.315 e. The van der Waals surface area contributed by atoms with Crippen LogP contribution in [0.3, 0.4) is 0 Å². The molecular formula is C18H24N4O3. The topological polar surface area (TPSA) is 79.6 Å². The van der Waals surface area contributed by atoms with Crippen molar-refractivity contribution in [3.05, 3.63) is 48.0 Å². The Morgan fingerprint density at radius 3 is 2.88 bits per heavy atom.